The van der Waals surface area contributed by atoms with Gasteiger partial charge in [-0.25, -0.2) is 4.98 Å². The second-order valence-corrected chi connectivity index (χ2v) is 8.72. The van der Waals surface area contributed by atoms with Crippen molar-refractivity contribution in [2.45, 2.75) is 47.4 Å². The fraction of sp³-hybridized carbons (Fsp3) is 0.471. The molecule has 1 aliphatic carbocycles. The number of aromatic amines is 1. The van der Waals surface area contributed by atoms with Gasteiger partial charge >= 0.3 is 0 Å². The van der Waals surface area contributed by atoms with Gasteiger partial charge in [0.15, 0.2) is 0 Å². The van der Waals surface area contributed by atoms with Gasteiger partial charge in [-0.1, -0.05) is 30.8 Å². The molecule has 1 unspecified atom stereocenters. The molecule has 2 aliphatic rings. The first-order valence-corrected chi connectivity index (χ1v) is 10.2. The molecular formula is C17H20N4OS2. The first-order chi connectivity index (χ1) is 11.7. The zero-order chi connectivity index (χ0) is 16.5. The molecule has 1 aromatic carbocycles. The summed E-state index contributed by atoms with van der Waals surface area (Å²) in [6.45, 7) is 2.99. The third-order valence-corrected chi connectivity index (χ3v) is 6.38. The Morgan fingerprint density at radius 3 is 3.04 bits per heavy atom. The molecule has 7 heteroatoms. The van der Waals surface area contributed by atoms with Gasteiger partial charge in [0, 0.05) is 22.6 Å². The number of carbonyl (C=O) groups is 1. The molecule has 0 saturated heterocycles. The van der Waals surface area contributed by atoms with Crippen LogP contribution in [0.15, 0.2) is 34.3 Å². The third kappa shape index (κ3) is 3.47. The van der Waals surface area contributed by atoms with Gasteiger partial charge in [0.25, 0.3) is 0 Å². The summed E-state index contributed by atoms with van der Waals surface area (Å²) in [5.74, 6) is 2.02. The summed E-state index contributed by atoms with van der Waals surface area (Å²) in [7, 11) is 0. The van der Waals surface area contributed by atoms with Crippen LogP contribution < -0.4 is 4.90 Å². The molecule has 1 fully saturated rings. The number of nitrogens with one attached hydrogen (secondary N) is 1. The van der Waals surface area contributed by atoms with Crippen LogP contribution in [0.25, 0.3) is 0 Å². The number of nitrogens with zero attached hydrogens (tertiary/aromatic N) is 3. The van der Waals surface area contributed by atoms with Crippen LogP contribution in [0, 0.1) is 0 Å². The molecule has 4 rings (SSSR count). The Balaban J connectivity index is 1.45. The minimum absolute atomic E-state index is 0.125. The van der Waals surface area contributed by atoms with Crippen LogP contribution in [0.4, 0.5) is 5.69 Å². The summed E-state index contributed by atoms with van der Waals surface area (Å²) in [5, 5.41) is 8.41. The highest BCUT2D eigenvalue weighted by Crippen LogP contribution is 2.39. The summed E-state index contributed by atoms with van der Waals surface area (Å²) < 4.78 is 0. The Morgan fingerprint density at radius 1 is 1.38 bits per heavy atom. The number of para-hydroxylation sites is 1. The summed E-state index contributed by atoms with van der Waals surface area (Å²) in [6, 6.07) is 8.18. The average Bonchev–Trinajstić information content (AvgIpc) is 3.35. The molecule has 0 spiro atoms. The van der Waals surface area contributed by atoms with Crippen molar-refractivity contribution in [3.63, 3.8) is 0 Å². The summed E-state index contributed by atoms with van der Waals surface area (Å²) in [6.07, 6.45) is 3.39. The lowest BCUT2D eigenvalue weighted by atomic mass is 10.2. The van der Waals surface area contributed by atoms with Gasteiger partial charge in [-0.15, -0.1) is 16.9 Å². The number of anilines is 1. The normalized spacial score (nSPS) is 20.5. The van der Waals surface area contributed by atoms with Crippen LogP contribution in [-0.2, 0) is 4.79 Å². The third-order valence-electron chi connectivity index (χ3n) is 4.32. The zero-order valence-corrected chi connectivity index (χ0v) is 15.2. The maximum atomic E-state index is 12.8. The van der Waals surface area contributed by atoms with Crippen LogP contribution in [0.3, 0.4) is 0 Å². The number of hydrogen-bond donors (Lipinski definition) is 1. The molecule has 5 nitrogen and oxygen atoms in total. The number of aromatic nitrogens is 3. The Hall–Kier alpha value is -1.47. The van der Waals surface area contributed by atoms with Gasteiger partial charge in [0.05, 0.1) is 11.4 Å². The topological polar surface area (TPSA) is 61.9 Å². The van der Waals surface area contributed by atoms with Crippen molar-refractivity contribution in [3.05, 3.63) is 30.1 Å². The largest absolute Gasteiger partial charge is 0.311 e. The Kier molecular flexibility index (Phi) is 4.54. The van der Waals surface area contributed by atoms with E-state index in [2.05, 4.69) is 28.2 Å². The molecule has 1 amide bonds. The van der Waals surface area contributed by atoms with Crippen molar-refractivity contribution in [2.75, 3.05) is 17.2 Å². The molecule has 126 valence electrons. The first-order valence-electron chi connectivity index (χ1n) is 8.32. The molecule has 1 saturated carbocycles. The van der Waals surface area contributed by atoms with E-state index in [0.717, 1.165) is 24.5 Å². The number of benzene rings is 1. The molecule has 1 aliphatic heterocycles. The fourth-order valence-corrected chi connectivity index (χ4v) is 4.61. The molecule has 24 heavy (non-hydrogen) atoms. The van der Waals surface area contributed by atoms with E-state index in [1.54, 1.807) is 0 Å². The predicted octanol–water partition coefficient (Wildman–Crippen LogP) is 3.69. The van der Waals surface area contributed by atoms with Gasteiger partial charge in [0.1, 0.15) is 5.82 Å². The van der Waals surface area contributed by atoms with Crippen molar-refractivity contribution in [1.29, 1.82) is 0 Å². The lowest BCUT2D eigenvalue weighted by molar-refractivity contribution is -0.116. The molecule has 0 radical (unpaired) electrons. The number of amides is 1. The standard InChI is InChI=1S/C17H20N4OS2/c1-11-8-9-21(13-4-2-3-5-14(13)24-11)15(22)10-23-17-18-16(19-20-17)12-6-7-12/h2-5,11-12H,6-10H2,1H3,(H,18,19,20). The minimum Gasteiger partial charge on any atom is -0.311 e. The van der Waals surface area contributed by atoms with Gasteiger partial charge in [-0.3, -0.25) is 9.89 Å². The molecule has 1 atom stereocenters. The highest BCUT2D eigenvalue weighted by molar-refractivity contribution is 8.00. The van der Waals surface area contributed by atoms with Gasteiger partial charge in [-0.2, -0.15) is 0 Å². The quantitative estimate of drug-likeness (QED) is 0.843. The minimum atomic E-state index is 0.125. The van der Waals surface area contributed by atoms with E-state index in [0.29, 0.717) is 22.1 Å². The molecule has 1 aromatic heterocycles. The van der Waals surface area contributed by atoms with Crippen LogP contribution in [-0.4, -0.2) is 38.6 Å². The van der Waals surface area contributed by atoms with Crippen LogP contribution in [0.5, 0.6) is 0 Å². The maximum absolute atomic E-state index is 12.8. The molecular weight excluding hydrogens is 340 g/mol. The number of carbonyl (C=O) groups excluding carboxylic acids is 1. The van der Waals surface area contributed by atoms with Crippen LogP contribution in [0.1, 0.15) is 37.9 Å². The number of hydrogen-bond acceptors (Lipinski definition) is 5. The monoisotopic (exact) mass is 360 g/mol. The van der Waals surface area contributed by atoms with E-state index in [1.807, 2.05) is 34.9 Å². The fourth-order valence-electron chi connectivity index (χ4n) is 2.81. The lowest BCUT2D eigenvalue weighted by Gasteiger charge is -2.22. The number of fused-ring (bicyclic) bond motifs is 1. The van der Waals surface area contributed by atoms with Crippen molar-refractivity contribution >= 4 is 35.1 Å². The van der Waals surface area contributed by atoms with E-state index in [1.165, 1.54) is 29.5 Å². The van der Waals surface area contributed by atoms with E-state index in [4.69, 9.17) is 0 Å². The van der Waals surface area contributed by atoms with Crippen molar-refractivity contribution < 1.29 is 4.79 Å². The highest BCUT2D eigenvalue weighted by atomic mass is 32.2. The van der Waals surface area contributed by atoms with Crippen LogP contribution in [0.2, 0.25) is 0 Å². The summed E-state index contributed by atoms with van der Waals surface area (Å²) in [5.41, 5.74) is 1.03. The molecule has 1 N–H and O–H groups in total. The summed E-state index contributed by atoms with van der Waals surface area (Å²) >= 11 is 3.27. The first kappa shape index (κ1) is 16.0. The predicted molar refractivity (Wildman–Crippen MR) is 97.8 cm³/mol. The molecule has 2 aromatic rings. The van der Waals surface area contributed by atoms with Crippen molar-refractivity contribution in [2.24, 2.45) is 0 Å². The summed E-state index contributed by atoms with van der Waals surface area (Å²) in [4.78, 5) is 20.4. The lowest BCUT2D eigenvalue weighted by Crippen LogP contribution is -2.33. The Labute approximate surface area is 150 Å². The smallest absolute Gasteiger partial charge is 0.237 e. The number of thioether (sulfide) groups is 2. The van der Waals surface area contributed by atoms with E-state index in [9.17, 15) is 4.79 Å². The number of H-pyrrole nitrogens is 1. The van der Waals surface area contributed by atoms with E-state index in [-0.39, 0.29) is 5.91 Å². The maximum Gasteiger partial charge on any atom is 0.237 e. The zero-order valence-electron chi connectivity index (χ0n) is 13.6. The Morgan fingerprint density at radius 2 is 2.21 bits per heavy atom. The second-order valence-electron chi connectivity index (χ2n) is 6.30. The van der Waals surface area contributed by atoms with Gasteiger partial charge in [-0.05, 0) is 31.4 Å². The highest BCUT2D eigenvalue weighted by Gasteiger charge is 2.28. The van der Waals surface area contributed by atoms with Gasteiger partial charge < -0.3 is 4.90 Å². The van der Waals surface area contributed by atoms with E-state index < -0.39 is 0 Å². The van der Waals surface area contributed by atoms with Crippen LogP contribution >= 0.6 is 23.5 Å². The molecule has 0 bridgehead atoms. The molecule has 2 heterocycles. The van der Waals surface area contributed by atoms with Crippen molar-refractivity contribution in [1.82, 2.24) is 15.2 Å². The van der Waals surface area contributed by atoms with Gasteiger partial charge in [0.2, 0.25) is 11.1 Å². The van der Waals surface area contributed by atoms with E-state index >= 15 is 0 Å². The van der Waals surface area contributed by atoms with Crippen molar-refractivity contribution in [3.8, 4) is 0 Å². The Bertz CT molecular complexity index is 744. The average molecular weight is 361 g/mol. The SMILES string of the molecule is CC1CCN(C(=O)CSc2n[nH]c(C3CC3)n2)c2ccccc2S1. The number of rotatable bonds is 4. The second kappa shape index (κ2) is 6.80.